The second-order valence-electron chi connectivity index (χ2n) is 6.38. The van der Waals surface area contributed by atoms with E-state index < -0.39 is 0 Å². The van der Waals surface area contributed by atoms with Crippen LogP contribution in [0.15, 0.2) is 65.3 Å². The first-order chi connectivity index (χ1) is 13.1. The summed E-state index contributed by atoms with van der Waals surface area (Å²) in [5.41, 5.74) is 3.16. The normalized spacial score (nSPS) is 12.7. The van der Waals surface area contributed by atoms with Gasteiger partial charge < -0.3 is 14.6 Å². The maximum absolute atomic E-state index is 13.0. The van der Waals surface area contributed by atoms with Crippen molar-refractivity contribution in [2.24, 2.45) is 0 Å². The molecule has 2 amide bonds. The first-order valence-corrected chi connectivity index (χ1v) is 8.63. The Bertz CT molecular complexity index is 981. The fourth-order valence-electron chi connectivity index (χ4n) is 3.19. The summed E-state index contributed by atoms with van der Waals surface area (Å²) >= 11 is 0. The van der Waals surface area contributed by atoms with Crippen LogP contribution in [0.3, 0.4) is 0 Å². The van der Waals surface area contributed by atoms with Gasteiger partial charge in [-0.1, -0.05) is 18.2 Å². The average Bonchev–Trinajstić information content (AvgIpc) is 3.32. The van der Waals surface area contributed by atoms with E-state index >= 15 is 0 Å². The number of nitrogens with one attached hydrogen (secondary N) is 1. The molecule has 1 aliphatic rings. The average molecular weight is 364 g/mol. The molecule has 0 bridgehead atoms. The molecule has 1 N–H and O–H groups in total. The van der Waals surface area contributed by atoms with E-state index in [1.54, 1.807) is 35.2 Å². The number of nitrogens with zero attached hydrogens (tertiary/aromatic N) is 1. The summed E-state index contributed by atoms with van der Waals surface area (Å²) in [6.07, 6.45) is 2.37. The molecule has 3 aromatic rings. The van der Waals surface area contributed by atoms with Crippen LogP contribution in [0.1, 0.15) is 21.7 Å². The lowest BCUT2D eigenvalue weighted by molar-refractivity contribution is -0.115. The van der Waals surface area contributed by atoms with Crippen LogP contribution in [0.25, 0.3) is 0 Å². The highest BCUT2D eigenvalue weighted by atomic mass is 19.1. The second-order valence-corrected chi connectivity index (χ2v) is 6.38. The molecule has 2 aromatic carbocycles. The molecule has 5 nitrogen and oxygen atoms in total. The van der Waals surface area contributed by atoms with Crippen molar-refractivity contribution in [2.75, 3.05) is 16.8 Å². The molecule has 0 atom stereocenters. The number of hydrogen-bond acceptors (Lipinski definition) is 3. The van der Waals surface area contributed by atoms with Gasteiger partial charge in [0, 0.05) is 17.9 Å². The van der Waals surface area contributed by atoms with Crippen LogP contribution in [0.5, 0.6) is 0 Å². The highest BCUT2D eigenvalue weighted by Crippen LogP contribution is 2.32. The molecule has 0 fully saturated rings. The Balaban J connectivity index is 1.49. The van der Waals surface area contributed by atoms with Crippen LogP contribution >= 0.6 is 0 Å². The zero-order valence-corrected chi connectivity index (χ0v) is 14.4. The van der Waals surface area contributed by atoms with Gasteiger partial charge in [-0.25, -0.2) is 4.39 Å². The third-order valence-electron chi connectivity index (χ3n) is 4.52. The molecular formula is C21H17FN2O3. The van der Waals surface area contributed by atoms with Gasteiger partial charge in [0.25, 0.3) is 5.91 Å². The van der Waals surface area contributed by atoms with Crippen molar-refractivity contribution >= 4 is 23.2 Å². The van der Waals surface area contributed by atoms with E-state index in [0.717, 1.165) is 23.2 Å². The standard InChI is InChI=1S/C21H17FN2O3/c22-16-6-3-14(4-7-16)12-20(25)23-17-8-5-15-9-10-24(18(15)13-17)21(26)19-2-1-11-27-19/h1-8,11,13H,9-10,12H2,(H,23,25). The quantitative estimate of drug-likeness (QED) is 0.766. The molecule has 0 radical (unpaired) electrons. The SMILES string of the molecule is O=C(Cc1ccc(F)cc1)Nc1ccc2c(c1)N(C(=O)c1ccco1)CC2. The van der Waals surface area contributed by atoms with E-state index in [1.165, 1.54) is 18.4 Å². The van der Waals surface area contributed by atoms with Crippen molar-refractivity contribution in [1.29, 1.82) is 0 Å². The van der Waals surface area contributed by atoms with Crippen LogP contribution in [0, 0.1) is 5.82 Å². The summed E-state index contributed by atoms with van der Waals surface area (Å²) in [5, 5.41) is 2.83. The second kappa shape index (κ2) is 7.07. The van der Waals surface area contributed by atoms with Gasteiger partial charge in [0.2, 0.25) is 5.91 Å². The molecule has 2 heterocycles. The van der Waals surface area contributed by atoms with E-state index in [9.17, 15) is 14.0 Å². The lowest BCUT2D eigenvalue weighted by Gasteiger charge is -2.17. The number of rotatable bonds is 4. The van der Waals surface area contributed by atoms with Crippen LogP contribution in [-0.4, -0.2) is 18.4 Å². The zero-order chi connectivity index (χ0) is 18.8. The van der Waals surface area contributed by atoms with E-state index in [1.807, 2.05) is 12.1 Å². The minimum absolute atomic E-state index is 0.145. The number of carbonyl (C=O) groups is 2. The predicted molar refractivity (Wildman–Crippen MR) is 99.3 cm³/mol. The first kappa shape index (κ1) is 17.0. The minimum Gasteiger partial charge on any atom is -0.459 e. The van der Waals surface area contributed by atoms with Crippen LogP contribution in [0.4, 0.5) is 15.8 Å². The molecule has 0 saturated heterocycles. The third-order valence-corrected chi connectivity index (χ3v) is 4.52. The van der Waals surface area contributed by atoms with Crippen molar-refractivity contribution < 1.29 is 18.4 Å². The number of halogens is 1. The summed E-state index contributed by atoms with van der Waals surface area (Å²) in [6, 6.07) is 14.7. The molecule has 6 heteroatoms. The number of carbonyl (C=O) groups excluding carboxylic acids is 2. The number of furan rings is 1. The number of amides is 2. The number of fused-ring (bicyclic) bond motifs is 1. The van der Waals surface area contributed by atoms with Crippen molar-refractivity contribution in [3.8, 4) is 0 Å². The summed E-state index contributed by atoms with van der Waals surface area (Å²) in [6.45, 7) is 0.571. The fourth-order valence-corrected chi connectivity index (χ4v) is 3.19. The Morgan fingerprint density at radius 1 is 1.11 bits per heavy atom. The highest BCUT2D eigenvalue weighted by Gasteiger charge is 2.27. The van der Waals surface area contributed by atoms with Gasteiger partial charge in [-0.2, -0.15) is 0 Å². The molecule has 0 spiro atoms. The Morgan fingerprint density at radius 3 is 2.67 bits per heavy atom. The molecule has 0 aliphatic carbocycles. The summed E-state index contributed by atoms with van der Waals surface area (Å²) < 4.78 is 18.2. The van der Waals surface area contributed by atoms with Gasteiger partial charge in [0.15, 0.2) is 5.76 Å². The van der Waals surface area contributed by atoms with Gasteiger partial charge in [-0.15, -0.1) is 0 Å². The van der Waals surface area contributed by atoms with E-state index in [0.29, 0.717) is 12.2 Å². The number of anilines is 2. The minimum atomic E-state index is -0.334. The smallest absolute Gasteiger partial charge is 0.293 e. The van der Waals surface area contributed by atoms with E-state index in [4.69, 9.17) is 4.42 Å². The Kier molecular flexibility index (Phi) is 4.46. The zero-order valence-electron chi connectivity index (χ0n) is 14.4. The predicted octanol–water partition coefficient (Wildman–Crippen LogP) is 3.80. The molecule has 4 rings (SSSR count). The lowest BCUT2D eigenvalue weighted by atomic mass is 10.1. The summed E-state index contributed by atoms with van der Waals surface area (Å²) in [5.74, 6) is -0.454. The van der Waals surface area contributed by atoms with Gasteiger partial charge >= 0.3 is 0 Å². The maximum Gasteiger partial charge on any atom is 0.293 e. The van der Waals surface area contributed by atoms with E-state index in [-0.39, 0.29) is 29.8 Å². The maximum atomic E-state index is 13.0. The number of hydrogen-bond donors (Lipinski definition) is 1. The number of benzene rings is 2. The van der Waals surface area contributed by atoms with Crippen molar-refractivity contribution in [2.45, 2.75) is 12.8 Å². The van der Waals surface area contributed by atoms with Gasteiger partial charge in [0.1, 0.15) is 5.82 Å². The summed E-state index contributed by atoms with van der Waals surface area (Å²) in [4.78, 5) is 26.5. The van der Waals surface area contributed by atoms with Gasteiger partial charge in [-0.3, -0.25) is 9.59 Å². The van der Waals surface area contributed by atoms with E-state index in [2.05, 4.69) is 5.32 Å². The molecule has 1 aliphatic heterocycles. The van der Waals surface area contributed by atoms with Crippen molar-refractivity contribution in [1.82, 2.24) is 0 Å². The molecular weight excluding hydrogens is 347 g/mol. The van der Waals surface area contributed by atoms with Gasteiger partial charge in [-0.05, 0) is 53.9 Å². The molecule has 136 valence electrons. The molecule has 27 heavy (non-hydrogen) atoms. The van der Waals surface area contributed by atoms with Gasteiger partial charge in [0.05, 0.1) is 12.7 Å². The lowest BCUT2D eigenvalue weighted by Crippen LogP contribution is -2.28. The monoisotopic (exact) mass is 364 g/mol. The molecule has 0 unspecified atom stereocenters. The summed E-state index contributed by atoms with van der Waals surface area (Å²) in [7, 11) is 0. The Hall–Kier alpha value is -3.41. The largest absolute Gasteiger partial charge is 0.459 e. The third kappa shape index (κ3) is 3.60. The van der Waals surface area contributed by atoms with Crippen LogP contribution in [0.2, 0.25) is 0 Å². The van der Waals surface area contributed by atoms with Crippen LogP contribution < -0.4 is 10.2 Å². The topological polar surface area (TPSA) is 62.6 Å². The Labute approximate surface area is 155 Å². The van der Waals surface area contributed by atoms with Crippen LogP contribution in [-0.2, 0) is 17.6 Å². The van der Waals surface area contributed by atoms with Crippen molar-refractivity contribution in [3.63, 3.8) is 0 Å². The molecule has 0 saturated carbocycles. The first-order valence-electron chi connectivity index (χ1n) is 8.63. The van der Waals surface area contributed by atoms with Crippen molar-refractivity contribution in [3.05, 3.63) is 83.6 Å². The fraction of sp³-hybridized carbons (Fsp3) is 0.143. The molecule has 1 aromatic heterocycles. The Morgan fingerprint density at radius 2 is 1.93 bits per heavy atom. The highest BCUT2D eigenvalue weighted by molar-refractivity contribution is 6.06.